The Morgan fingerprint density at radius 2 is 2.15 bits per heavy atom. The molecule has 0 unspecified atom stereocenters. The third-order valence-corrected chi connectivity index (χ3v) is 4.11. The highest BCUT2D eigenvalue weighted by Gasteiger charge is 2.36. The van der Waals surface area contributed by atoms with Crippen LogP contribution in [0.2, 0.25) is 0 Å². The molecular formula is C17H24O3. The molecule has 0 bridgehead atoms. The molecule has 1 aromatic carbocycles. The normalized spacial score (nSPS) is 26.4. The zero-order valence-corrected chi connectivity index (χ0v) is 12.2. The highest BCUT2D eigenvalue weighted by Crippen LogP contribution is 2.40. The predicted molar refractivity (Wildman–Crippen MR) is 79.5 cm³/mol. The van der Waals surface area contributed by atoms with E-state index >= 15 is 0 Å². The van der Waals surface area contributed by atoms with Crippen LogP contribution in [0.25, 0.3) is 0 Å². The van der Waals surface area contributed by atoms with Crippen molar-refractivity contribution < 1.29 is 14.6 Å². The van der Waals surface area contributed by atoms with Crippen molar-refractivity contribution in [2.45, 2.75) is 44.0 Å². The smallest absolute Gasteiger partial charge is 0.0929 e. The van der Waals surface area contributed by atoms with Crippen LogP contribution < -0.4 is 0 Å². The highest BCUT2D eigenvalue weighted by molar-refractivity contribution is 5.29. The summed E-state index contributed by atoms with van der Waals surface area (Å²) in [7, 11) is 1.76. The van der Waals surface area contributed by atoms with Crippen LogP contribution in [0, 0.1) is 0 Å². The van der Waals surface area contributed by atoms with Gasteiger partial charge < -0.3 is 14.6 Å². The molecule has 1 aliphatic rings. The summed E-state index contributed by atoms with van der Waals surface area (Å²) >= 11 is 0. The maximum atomic E-state index is 9.70. The van der Waals surface area contributed by atoms with E-state index in [0.29, 0.717) is 13.2 Å². The summed E-state index contributed by atoms with van der Waals surface area (Å²) in [6.45, 7) is 4.79. The second kappa shape index (κ2) is 7.02. The molecule has 3 nitrogen and oxygen atoms in total. The Morgan fingerprint density at radius 1 is 1.40 bits per heavy atom. The molecule has 1 fully saturated rings. The lowest BCUT2D eigenvalue weighted by atomic mass is 9.78. The molecule has 0 saturated heterocycles. The molecule has 1 aromatic rings. The molecule has 0 aliphatic heterocycles. The van der Waals surface area contributed by atoms with Crippen LogP contribution in [-0.4, -0.2) is 24.9 Å². The van der Waals surface area contributed by atoms with E-state index in [4.69, 9.17) is 9.47 Å². The van der Waals surface area contributed by atoms with Gasteiger partial charge in [0.05, 0.1) is 24.9 Å². The fourth-order valence-electron chi connectivity index (χ4n) is 2.88. The largest absolute Gasteiger partial charge is 0.393 e. The van der Waals surface area contributed by atoms with E-state index in [1.54, 1.807) is 13.2 Å². The zero-order chi connectivity index (χ0) is 14.4. The molecular weight excluding hydrogens is 252 g/mol. The fourth-order valence-corrected chi connectivity index (χ4v) is 2.88. The Labute approximate surface area is 121 Å². The lowest BCUT2D eigenvalue weighted by molar-refractivity contribution is -0.0690. The Balaban J connectivity index is 2.13. The monoisotopic (exact) mass is 276 g/mol. The summed E-state index contributed by atoms with van der Waals surface area (Å²) in [5, 5.41) is 9.70. The molecule has 1 aliphatic carbocycles. The summed E-state index contributed by atoms with van der Waals surface area (Å²) in [6, 6.07) is 8.38. The minimum absolute atomic E-state index is 0.183. The minimum atomic E-state index is -0.256. The third kappa shape index (κ3) is 3.48. The predicted octanol–water partition coefficient (Wildman–Crippen LogP) is 3.17. The number of hydrogen-bond acceptors (Lipinski definition) is 3. The number of hydrogen-bond donors (Lipinski definition) is 1. The van der Waals surface area contributed by atoms with Gasteiger partial charge in [0, 0.05) is 7.11 Å². The molecule has 1 saturated carbocycles. The van der Waals surface area contributed by atoms with Gasteiger partial charge in [-0.3, -0.25) is 0 Å². The molecule has 0 atom stereocenters. The standard InChI is InChI=1S/C17H24O3/c1-3-11-20-13-14-5-4-6-15(12-14)17(19-2)9-7-16(18)8-10-17/h3-6,12,16,18H,1,7-11,13H2,2H3/t16-,17-. The van der Waals surface area contributed by atoms with E-state index in [-0.39, 0.29) is 11.7 Å². The summed E-state index contributed by atoms with van der Waals surface area (Å²) in [5.74, 6) is 0. The number of aliphatic hydroxyl groups excluding tert-OH is 1. The molecule has 3 heteroatoms. The van der Waals surface area contributed by atoms with Gasteiger partial charge in [-0.2, -0.15) is 0 Å². The molecule has 110 valence electrons. The van der Waals surface area contributed by atoms with Crippen molar-refractivity contribution in [1.29, 1.82) is 0 Å². The third-order valence-electron chi connectivity index (χ3n) is 4.11. The van der Waals surface area contributed by atoms with Gasteiger partial charge in [-0.15, -0.1) is 6.58 Å². The molecule has 0 heterocycles. The first-order valence-electron chi connectivity index (χ1n) is 7.21. The number of benzene rings is 1. The van der Waals surface area contributed by atoms with E-state index in [2.05, 4.69) is 24.8 Å². The van der Waals surface area contributed by atoms with E-state index in [1.165, 1.54) is 5.56 Å². The number of rotatable bonds is 6. The second-order valence-electron chi connectivity index (χ2n) is 5.43. The summed E-state index contributed by atoms with van der Waals surface area (Å²) in [4.78, 5) is 0. The van der Waals surface area contributed by atoms with Crippen molar-refractivity contribution in [1.82, 2.24) is 0 Å². The van der Waals surface area contributed by atoms with Crippen molar-refractivity contribution in [3.63, 3.8) is 0 Å². The average molecular weight is 276 g/mol. The topological polar surface area (TPSA) is 38.7 Å². The van der Waals surface area contributed by atoms with Gasteiger partial charge in [-0.05, 0) is 36.8 Å². The summed E-state index contributed by atoms with van der Waals surface area (Å²) < 4.78 is 11.3. The summed E-state index contributed by atoms with van der Waals surface area (Å²) in [5.41, 5.74) is 2.08. The van der Waals surface area contributed by atoms with Crippen LogP contribution in [-0.2, 0) is 21.7 Å². The van der Waals surface area contributed by atoms with Crippen molar-refractivity contribution in [2.24, 2.45) is 0 Å². The van der Waals surface area contributed by atoms with Gasteiger partial charge >= 0.3 is 0 Å². The van der Waals surface area contributed by atoms with Crippen LogP contribution in [0.3, 0.4) is 0 Å². The molecule has 2 rings (SSSR count). The van der Waals surface area contributed by atoms with Crippen molar-refractivity contribution >= 4 is 0 Å². The van der Waals surface area contributed by atoms with Gasteiger partial charge in [0.2, 0.25) is 0 Å². The molecule has 1 N–H and O–H groups in total. The molecule has 0 radical (unpaired) electrons. The van der Waals surface area contributed by atoms with Gasteiger partial charge in [0.15, 0.2) is 0 Å². The average Bonchev–Trinajstić information content (AvgIpc) is 2.49. The zero-order valence-electron chi connectivity index (χ0n) is 12.2. The van der Waals surface area contributed by atoms with Gasteiger partial charge in [0.1, 0.15) is 0 Å². The van der Waals surface area contributed by atoms with Crippen LogP contribution in [0.1, 0.15) is 36.8 Å². The van der Waals surface area contributed by atoms with Crippen molar-refractivity contribution in [3.05, 3.63) is 48.0 Å². The van der Waals surface area contributed by atoms with Crippen LogP contribution in [0.15, 0.2) is 36.9 Å². The molecule has 0 spiro atoms. The first kappa shape index (κ1) is 15.2. The molecule has 20 heavy (non-hydrogen) atoms. The van der Waals surface area contributed by atoms with E-state index in [0.717, 1.165) is 31.2 Å². The first-order chi connectivity index (χ1) is 9.70. The Hall–Kier alpha value is -1.16. The van der Waals surface area contributed by atoms with E-state index in [9.17, 15) is 5.11 Å². The van der Waals surface area contributed by atoms with Crippen molar-refractivity contribution in [3.8, 4) is 0 Å². The molecule has 0 aromatic heterocycles. The summed E-state index contributed by atoms with van der Waals surface area (Å²) in [6.07, 6.45) is 4.89. The Morgan fingerprint density at radius 3 is 2.80 bits per heavy atom. The van der Waals surface area contributed by atoms with E-state index in [1.807, 2.05) is 6.07 Å². The fraction of sp³-hybridized carbons (Fsp3) is 0.529. The Kier molecular flexibility index (Phi) is 5.35. The SMILES string of the molecule is C=CCOCc1cccc([C@]2(OC)CC[C@H](O)CC2)c1. The van der Waals surface area contributed by atoms with Gasteiger partial charge in [-0.1, -0.05) is 30.3 Å². The first-order valence-corrected chi connectivity index (χ1v) is 7.21. The Bertz CT molecular complexity index is 434. The minimum Gasteiger partial charge on any atom is -0.393 e. The van der Waals surface area contributed by atoms with Crippen LogP contribution >= 0.6 is 0 Å². The quantitative estimate of drug-likeness (QED) is 0.640. The number of methoxy groups -OCH3 is 1. The number of ether oxygens (including phenoxy) is 2. The number of aliphatic hydroxyl groups is 1. The van der Waals surface area contributed by atoms with Gasteiger partial charge in [0.25, 0.3) is 0 Å². The van der Waals surface area contributed by atoms with Gasteiger partial charge in [-0.25, -0.2) is 0 Å². The lowest BCUT2D eigenvalue weighted by Crippen LogP contribution is -2.35. The maximum Gasteiger partial charge on any atom is 0.0929 e. The van der Waals surface area contributed by atoms with Crippen LogP contribution in [0.5, 0.6) is 0 Å². The maximum absolute atomic E-state index is 9.70. The van der Waals surface area contributed by atoms with E-state index < -0.39 is 0 Å². The highest BCUT2D eigenvalue weighted by atomic mass is 16.5. The molecule has 0 amide bonds. The van der Waals surface area contributed by atoms with Crippen LogP contribution in [0.4, 0.5) is 0 Å². The second-order valence-corrected chi connectivity index (χ2v) is 5.43. The van der Waals surface area contributed by atoms with Crippen molar-refractivity contribution in [2.75, 3.05) is 13.7 Å². The lowest BCUT2D eigenvalue weighted by Gasteiger charge is -2.38.